The molecule has 2 aromatic rings. The van der Waals surface area contributed by atoms with E-state index in [1.54, 1.807) is 6.92 Å². The van der Waals surface area contributed by atoms with E-state index in [9.17, 15) is 22.4 Å². The van der Waals surface area contributed by atoms with Crippen molar-refractivity contribution >= 4 is 27.5 Å². The fraction of sp³-hybridized carbons (Fsp3) is 0.368. The van der Waals surface area contributed by atoms with Crippen LogP contribution in [0.25, 0.3) is 0 Å². The second-order valence-electron chi connectivity index (χ2n) is 7.52. The highest BCUT2D eigenvalue weighted by molar-refractivity contribution is 7.89. The maximum absolute atomic E-state index is 13.4. The molecule has 0 spiro atoms. The number of halogens is 1. The third-order valence-corrected chi connectivity index (χ3v) is 5.89. The summed E-state index contributed by atoms with van der Waals surface area (Å²) in [7, 11) is 0.519. The summed E-state index contributed by atoms with van der Waals surface area (Å²) in [6, 6.07) is 5.34. The molecule has 0 saturated carbocycles. The lowest BCUT2D eigenvalue weighted by molar-refractivity contribution is -0.133. The minimum Gasteiger partial charge on any atom is -0.347 e. The predicted octanol–water partition coefficient (Wildman–Crippen LogP) is 1.87. The molecule has 0 aliphatic carbocycles. The second kappa shape index (κ2) is 7.96. The van der Waals surface area contributed by atoms with Gasteiger partial charge in [0.15, 0.2) is 0 Å². The van der Waals surface area contributed by atoms with Crippen LogP contribution in [0, 0.1) is 12.7 Å². The van der Waals surface area contributed by atoms with Gasteiger partial charge < -0.3 is 14.8 Å². The quantitative estimate of drug-likeness (QED) is 0.739. The molecule has 0 aliphatic heterocycles. The number of aryl methyl sites for hydroxylation is 2. The molecule has 0 unspecified atom stereocenters. The number of hydrogen-bond acceptors (Lipinski definition) is 4. The SMILES string of the molecule is Cc1cc(NC(=O)c2cc(S(=O)(=O)NC(C)(C)C(=O)N(C)C)cn2C)ccc1F. The Morgan fingerprint density at radius 1 is 1.17 bits per heavy atom. The van der Waals surface area contributed by atoms with Crippen LogP contribution in [0.3, 0.4) is 0 Å². The number of anilines is 1. The first kappa shape index (κ1) is 22.6. The Bertz CT molecular complexity index is 1060. The lowest BCUT2D eigenvalue weighted by Crippen LogP contribution is -2.54. The van der Waals surface area contributed by atoms with E-state index in [1.165, 1.54) is 74.9 Å². The van der Waals surface area contributed by atoms with Crippen LogP contribution in [-0.4, -0.2) is 49.3 Å². The zero-order valence-corrected chi connectivity index (χ0v) is 18.0. The zero-order chi connectivity index (χ0) is 22.1. The van der Waals surface area contributed by atoms with Gasteiger partial charge in [-0.25, -0.2) is 12.8 Å². The van der Waals surface area contributed by atoms with E-state index in [0.717, 1.165) is 0 Å². The maximum atomic E-state index is 13.4. The summed E-state index contributed by atoms with van der Waals surface area (Å²) >= 11 is 0. The number of benzene rings is 1. The monoisotopic (exact) mass is 424 g/mol. The van der Waals surface area contributed by atoms with Gasteiger partial charge in [0.25, 0.3) is 5.91 Å². The van der Waals surface area contributed by atoms with Crippen LogP contribution in [0.4, 0.5) is 10.1 Å². The predicted molar refractivity (Wildman–Crippen MR) is 108 cm³/mol. The first-order valence-corrected chi connectivity index (χ1v) is 10.2. The van der Waals surface area contributed by atoms with Gasteiger partial charge in [-0.1, -0.05) is 0 Å². The normalized spacial score (nSPS) is 12.0. The van der Waals surface area contributed by atoms with Crippen LogP contribution in [0.1, 0.15) is 29.9 Å². The zero-order valence-electron chi connectivity index (χ0n) is 17.2. The Labute approximate surface area is 169 Å². The van der Waals surface area contributed by atoms with Crippen molar-refractivity contribution < 1.29 is 22.4 Å². The van der Waals surface area contributed by atoms with Crippen molar-refractivity contribution in [2.75, 3.05) is 19.4 Å². The fourth-order valence-electron chi connectivity index (χ4n) is 2.82. The number of sulfonamides is 1. The number of aromatic nitrogens is 1. The highest BCUT2D eigenvalue weighted by atomic mass is 32.2. The first-order valence-electron chi connectivity index (χ1n) is 8.74. The lowest BCUT2D eigenvalue weighted by Gasteiger charge is -2.27. The summed E-state index contributed by atoms with van der Waals surface area (Å²) in [6.07, 6.45) is 1.28. The fourth-order valence-corrected chi connectivity index (χ4v) is 4.26. The maximum Gasteiger partial charge on any atom is 0.272 e. The molecule has 0 aliphatic rings. The number of amides is 2. The van der Waals surface area contributed by atoms with Gasteiger partial charge in [-0.3, -0.25) is 9.59 Å². The average Bonchev–Trinajstić information content (AvgIpc) is 2.99. The van der Waals surface area contributed by atoms with E-state index < -0.39 is 33.2 Å². The van der Waals surface area contributed by atoms with Gasteiger partial charge in [0.1, 0.15) is 21.9 Å². The summed E-state index contributed by atoms with van der Waals surface area (Å²) in [5.41, 5.74) is -0.527. The summed E-state index contributed by atoms with van der Waals surface area (Å²) in [6.45, 7) is 4.49. The van der Waals surface area contributed by atoms with Crippen LogP contribution in [0.5, 0.6) is 0 Å². The molecule has 0 radical (unpaired) electrons. The first-order chi connectivity index (χ1) is 13.2. The molecule has 10 heteroatoms. The number of hydrogen-bond donors (Lipinski definition) is 2. The summed E-state index contributed by atoms with van der Waals surface area (Å²) in [5.74, 6) is -1.36. The molecule has 1 aromatic carbocycles. The van der Waals surface area contributed by atoms with E-state index in [4.69, 9.17) is 0 Å². The van der Waals surface area contributed by atoms with Gasteiger partial charge in [-0.15, -0.1) is 0 Å². The molecular formula is C19H25FN4O4S. The molecule has 0 saturated heterocycles. The molecule has 158 valence electrons. The van der Waals surface area contributed by atoms with Gasteiger partial charge in [0.05, 0.1) is 0 Å². The van der Waals surface area contributed by atoms with Crippen LogP contribution in [-0.2, 0) is 21.9 Å². The molecule has 1 heterocycles. The van der Waals surface area contributed by atoms with Crippen molar-refractivity contribution in [2.45, 2.75) is 31.2 Å². The lowest BCUT2D eigenvalue weighted by atomic mass is 10.1. The number of rotatable bonds is 6. The third-order valence-electron chi connectivity index (χ3n) is 4.27. The molecule has 2 amide bonds. The molecule has 0 atom stereocenters. The molecule has 29 heavy (non-hydrogen) atoms. The van der Waals surface area contributed by atoms with Crippen LogP contribution in [0.15, 0.2) is 35.4 Å². The average molecular weight is 424 g/mol. The molecule has 8 nitrogen and oxygen atoms in total. The number of carbonyl (C=O) groups excluding carboxylic acids is 2. The number of nitrogens with one attached hydrogen (secondary N) is 2. The summed E-state index contributed by atoms with van der Waals surface area (Å²) in [4.78, 5) is 25.9. The van der Waals surface area contributed by atoms with Crippen molar-refractivity contribution in [3.63, 3.8) is 0 Å². The van der Waals surface area contributed by atoms with E-state index >= 15 is 0 Å². The highest BCUT2D eigenvalue weighted by Gasteiger charge is 2.35. The van der Waals surface area contributed by atoms with Crippen molar-refractivity contribution in [1.29, 1.82) is 0 Å². The van der Waals surface area contributed by atoms with Crippen molar-refractivity contribution in [1.82, 2.24) is 14.2 Å². The van der Waals surface area contributed by atoms with Gasteiger partial charge in [-0.2, -0.15) is 4.72 Å². The summed E-state index contributed by atoms with van der Waals surface area (Å²) in [5, 5.41) is 2.61. The Morgan fingerprint density at radius 3 is 2.34 bits per heavy atom. The standard InChI is InChI=1S/C19H25FN4O4S/c1-12-9-13(7-8-15(12)20)21-17(25)16-10-14(11-24(16)6)29(27,28)22-19(2,3)18(26)23(4)5/h7-11,22H,1-6H3,(H,21,25). The Hall–Kier alpha value is -2.72. The smallest absolute Gasteiger partial charge is 0.272 e. The Balaban J connectivity index is 2.27. The van der Waals surface area contributed by atoms with E-state index in [1.807, 2.05) is 0 Å². The second-order valence-corrected chi connectivity index (χ2v) is 9.20. The molecule has 2 N–H and O–H groups in total. The van der Waals surface area contributed by atoms with Crippen LogP contribution >= 0.6 is 0 Å². The number of likely N-dealkylation sites (N-methyl/N-ethyl adjacent to an activating group) is 1. The molecular weight excluding hydrogens is 399 g/mol. The molecule has 2 rings (SSSR count). The van der Waals surface area contributed by atoms with Crippen molar-refractivity contribution in [2.24, 2.45) is 7.05 Å². The minimum atomic E-state index is -4.06. The van der Waals surface area contributed by atoms with Gasteiger partial charge in [0.2, 0.25) is 15.9 Å². The van der Waals surface area contributed by atoms with Crippen LogP contribution in [0.2, 0.25) is 0 Å². The van der Waals surface area contributed by atoms with Crippen molar-refractivity contribution in [3.05, 3.63) is 47.5 Å². The van der Waals surface area contributed by atoms with E-state index in [2.05, 4.69) is 10.0 Å². The molecule has 0 bridgehead atoms. The van der Waals surface area contributed by atoms with E-state index in [0.29, 0.717) is 11.3 Å². The van der Waals surface area contributed by atoms with Gasteiger partial charge >= 0.3 is 0 Å². The van der Waals surface area contributed by atoms with Gasteiger partial charge in [0, 0.05) is 33.0 Å². The molecule has 0 fully saturated rings. The highest BCUT2D eigenvalue weighted by Crippen LogP contribution is 2.19. The van der Waals surface area contributed by atoms with Crippen LogP contribution < -0.4 is 10.0 Å². The Kier molecular flexibility index (Phi) is 6.19. The van der Waals surface area contributed by atoms with Gasteiger partial charge in [-0.05, 0) is 50.6 Å². The molecule has 1 aromatic heterocycles. The Morgan fingerprint density at radius 2 is 1.79 bits per heavy atom. The minimum absolute atomic E-state index is 0.0871. The third kappa shape index (κ3) is 5.01. The van der Waals surface area contributed by atoms with E-state index in [-0.39, 0.29) is 10.6 Å². The number of carbonyl (C=O) groups is 2. The summed E-state index contributed by atoms with van der Waals surface area (Å²) < 4.78 is 42.6. The topological polar surface area (TPSA) is 101 Å². The number of nitrogens with zero attached hydrogens (tertiary/aromatic N) is 2. The largest absolute Gasteiger partial charge is 0.347 e. The van der Waals surface area contributed by atoms with Crippen molar-refractivity contribution in [3.8, 4) is 0 Å².